The Morgan fingerprint density at radius 2 is 1.64 bits per heavy atom. The number of rotatable bonds is 9. The van der Waals surface area contributed by atoms with Crippen molar-refractivity contribution in [2.45, 2.75) is 32.9 Å². The predicted octanol–water partition coefficient (Wildman–Crippen LogP) is 1.87. The topological polar surface area (TPSA) is 46.1 Å². The minimum Gasteiger partial charge on any atom is -0.355 e. The second-order valence-electron chi connectivity index (χ2n) is 7.67. The summed E-state index contributed by atoms with van der Waals surface area (Å²) in [6, 6.07) is 11.6. The molecule has 0 bridgehead atoms. The van der Waals surface area contributed by atoms with Gasteiger partial charge >= 0.3 is 0 Å². The molecule has 1 aliphatic rings. The van der Waals surface area contributed by atoms with Crippen molar-refractivity contribution in [3.63, 3.8) is 0 Å². The molecule has 2 atom stereocenters. The standard InChI is InChI=1S/C22H40N6/c1-6-27(7-2)21(20-11-9-8-10-12-20)18-25-22(23-4)24-17-19(3)28-15-13-26(5)14-16-28/h8-12,19,21H,6-7,13-18H2,1-5H3,(H2,23,24,25). The van der Waals surface area contributed by atoms with E-state index in [0.29, 0.717) is 12.1 Å². The molecule has 0 aliphatic carbocycles. The largest absolute Gasteiger partial charge is 0.355 e. The van der Waals surface area contributed by atoms with Gasteiger partial charge in [0, 0.05) is 52.4 Å². The van der Waals surface area contributed by atoms with Crippen LogP contribution in [0.2, 0.25) is 0 Å². The summed E-state index contributed by atoms with van der Waals surface area (Å²) in [7, 11) is 4.05. The first kappa shape index (κ1) is 22.7. The van der Waals surface area contributed by atoms with Crippen LogP contribution in [0.1, 0.15) is 32.4 Å². The Balaban J connectivity index is 1.88. The van der Waals surface area contributed by atoms with E-state index in [9.17, 15) is 0 Å². The molecule has 2 N–H and O–H groups in total. The Hall–Kier alpha value is -1.63. The molecule has 1 aromatic rings. The number of benzene rings is 1. The summed E-state index contributed by atoms with van der Waals surface area (Å²) in [5.41, 5.74) is 1.35. The van der Waals surface area contributed by atoms with Crippen molar-refractivity contribution < 1.29 is 0 Å². The average Bonchev–Trinajstić information content (AvgIpc) is 2.74. The molecule has 1 aliphatic heterocycles. The van der Waals surface area contributed by atoms with Gasteiger partial charge < -0.3 is 15.5 Å². The van der Waals surface area contributed by atoms with E-state index in [4.69, 9.17) is 0 Å². The van der Waals surface area contributed by atoms with Gasteiger partial charge in [-0.3, -0.25) is 14.8 Å². The maximum absolute atomic E-state index is 4.44. The number of likely N-dealkylation sites (N-methyl/N-ethyl adjacent to an activating group) is 2. The quantitative estimate of drug-likeness (QED) is 0.500. The number of aliphatic imine (C=N–C) groups is 1. The first-order valence-electron chi connectivity index (χ1n) is 10.7. The highest BCUT2D eigenvalue weighted by Crippen LogP contribution is 2.19. The van der Waals surface area contributed by atoms with Crippen LogP contribution in [0.4, 0.5) is 0 Å². The van der Waals surface area contributed by atoms with Crippen LogP contribution >= 0.6 is 0 Å². The Morgan fingerprint density at radius 1 is 1.04 bits per heavy atom. The van der Waals surface area contributed by atoms with Crippen LogP contribution in [0.3, 0.4) is 0 Å². The fourth-order valence-electron chi connectivity index (χ4n) is 3.85. The first-order chi connectivity index (χ1) is 13.6. The van der Waals surface area contributed by atoms with E-state index in [1.807, 2.05) is 7.05 Å². The van der Waals surface area contributed by atoms with Gasteiger partial charge in [-0.15, -0.1) is 0 Å². The number of guanidine groups is 1. The van der Waals surface area contributed by atoms with E-state index in [2.05, 4.69) is 88.5 Å². The van der Waals surface area contributed by atoms with E-state index >= 15 is 0 Å². The second-order valence-corrected chi connectivity index (χ2v) is 7.67. The zero-order chi connectivity index (χ0) is 20.4. The van der Waals surface area contributed by atoms with Gasteiger partial charge in [0.05, 0.1) is 6.04 Å². The fraction of sp³-hybridized carbons (Fsp3) is 0.682. The lowest BCUT2D eigenvalue weighted by Gasteiger charge is -2.36. The van der Waals surface area contributed by atoms with Crippen LogP contribution in [0.25, 0.3) is 0 Å². The molecule has 1 heterocycles. The highest BCUT2D eigenvalue weighted by Gasteiger charge is 2.20. The molecule has 0 radical (unpaired) electrons. The molecular formula is C22H40N6. The van der Waals surface area contributed by atoms with Crippen molar-refractivity contribution in [1.29, 1.82) is 0 Å². The van der Waals surface area contributed by atoms with Crippen LogP contribution in [0.15, 0.2) is 35.3 Å². The maximum Gasteiger partial charge on any atom is 0.191 e. The van der Waals surface area contributed by atoms with Crippen molar-refractivity contribution in [1.82, 2.24) is 25.3 Å². The van der Waals surface area contributed by atoms with Crippen LogP contribution in [0, 0.1) is 0 Å². The van der Waals surface area contributed by atoms with Crippen LogP contribution in [-0.2, 0) is 0 Å². The second kappa shape index (κ2) is 12.0. The zero-order valence-corrected chi connectivity index (χ0v) is 18.5. The van der Waals surface area contributed by atoms with E-state index < -0.39 is 0 Å². The minimum atomic E-state index is 0.338. The SMILES string of the molecule is CCN(CC)C(CNC(=NC)NCC(C)N1CCN(C)CC1)c1ccccc1. The van der Waals surface area contributed by atoms with E-state index in [1.54, 1.807) is 0 Å². The lowest BCUT2D eigenvalue weighted by Crippen LogP contribution is -2.52. The number of hydrogen-bond acceptors (Lipinski definition) is 4. The summed E-state index contributed by atoms with van der Waals surface area (Å²) in [6.45, 7) is 15.2. The van der Waals surface area contributed by atoms with E-state index in [0.717, 1.165) is 58.3 Å². The maximum atomic E-state index is 4.44. The number of hydrogen-bond donors (Lipinski definition) is 2. The van der Waals surface area contributed by atoms with Gasteiger partial charge in [-0.25, -0.2) is 0 Å². The summed E-state index contributed by atoms with van der Waals surface area (Å²) in [5, 5.41) is 7.08. The van der Waals surface area contributed by atoms with Gasteiger partial charge in [0.1, 0.15) is 0 Å². The molecular weight excluding hydrogens is 348 g/mol. The highest BCUT2D eigenvalue weighted by atomic mass is 15.3. The molecule has 0 amide bonds. The number of piperazine rings is 1. The molecule has 2 unspecified atom stereocenters. The fourth-order valence-corrected chi connectivity index (χ4v) is 3.85. The predicted molar refractivity (Wildman–Crippen MR) is 120 cm³/mol. The lowest BCUT2D eigenvalue weighted by atomic mass is 10.1. The normalized spacial score (nSPS) is 18.9. The molecule has 6 nitrogen and oxygen atoms in total. The third-order valence-corrected chi connectivity index (χ3v) is 5.85. The monoisotopic (exact) mass is 388 g/mol. The summed E-state index contributed by atoms with van der Waals surface area (Å²) in [6.07, 6.45) is 0. The molecule has 0 saturated carbocycles. The van der Waals surface area contributed by atoms with Crippen molar-refractivity contribution in [2.75, 3.05) is 66.5 Å². The van der Waals surface area contributed by atoms with Crippen LogP contribution in [-0.4, -0.2) is 93.2 Å². The zero-order valence-electron chi connectivity index (χ0n) is 18.5. The van der Waals surface area contributed by atoms with Gasteiger partial charge in [0.25, 0.3) is 0 Å². The van der Waals surface area contributed by atoms with Crippen molar-refractivity contribution >= 4 is 5.96 Å². The molecule has 0 spiro atoms. The Morgan fingerprint density at radius 3 is 2.21 bits per heavy atom. The molecule has 2 rings (SSSR count). The minimum absolute atomic E-state index is 0.338. The molecule has 0 aromatic heterocycles. The first-order valence-corrected chi connectivity index (χ1v) is 10.7. The summed E-state index contributed by atoms with van der Waals surface area (Å²) >= 11 is 0. The Labute approximate surface area is 172 Å². The van der Waals surface area contributed by atoms with E-state index in [-0.39, 0.29) is 0 Å². The molecule has 1 fully saturated rings. The van der Waals surface area contributed by atoms with Crippen LogP contribution < -0.4 is 10.6 Å². The number of nitrogens with zero attached hydrogens (tertiary/aromatic N) is 4. The summed E-state index contributed by atoms with van der Waals surface area (Å²) in [4.78, 5) is 11.9. The van der Waals surface area contributed by atoms with Gasteiger partial charge in [-0.1, -0.05) is 44.2 Å². The van der Waals surface area contributed by atoms with Crippen LogP contribution in [0.5, 0.6) is 0 Å². The molecule has 158 valence electrons. The van der Waals surface area contributed by atoms with Gasteiger partial charge in [-0.05, 0) is 32.6 Å². The molecule has 1 saturated heterocycles. The van der Waals surface area contributed by atoms with Crippen molar-refractivity contribution in [3.05, 3.63) is 35.9 Å². The summed E-state index contributed by atoms with van der Waals surface area (Å²) in [5.74, 6) is 0.883. The van der Waals surface area contributed by atoms with E-state index in [1.165, 1.54) is 5.56 Å². The number of nitrogens with one attached hydrogen (secondary N) is 2. The van der Waals surface area contributed by atoms with Gasteiger partial charge in [-0.2, -0.15) is 0 Å². The third-order valence-electron chi connectivity index (χ3n) is 5.85. The smallest absolute Gasteiger partial charge is 0.191 e. The Kier molecular flexibility index (Phi) is 9.75. The molecule has 6 heteroatoms. The lowest BCUT2D eigenvalue weighted by molar-refractivity contribution is 0.120. The van der Waals surface area contributed by atoms with Crippen molar-refractivity contribution in [3.8, 4) is 0 Å². The third kappa shape index (κ3) is 6.76. The van der Waals surface area contributed by atoms with Crippen molar-refractivity contribution in [2.24, 2.45) is 4.99 Å². The molecule has 1 aromatic carbocycles. The Bertz CT molecular complexity index is 564. The highest BCUT2D eigenvalue weighted by molar-refractivity contribution is 5.79. The average molecular weight is 389 g/mol. The van der Waals surface area contributed by atoms with Gasteiger partial charge in [0.2, 0.25) is 0 Å². The molecule has 28 heavy (non-hydrogen) atoms. The summed E-state index contributed by atoms with van der Waals surface area (Å²) < 4.78 is 0. The van der Waals surface area contributed by atoms with Gasteiger partial charge in [0.15, 0.2) is 5.96 Å².